The summed E-state index contributed by atoms with van der Waals surface area (Å²) in [5, 5.41) is 10.6. The third kappa shape index (κ3) is 69.8. The maximum Gasteiger partial charge on any atom is 0.472 e. The summed E-state index contributed by atoms with van der Waals surface area (Å²) in [5.41, 5.74) is 0. The van der Waals surface area contributed by atoms with Crippen molar-refractivity contribution in [2.24, 2.45) is 23.7 Å². The van der Waals surface area contributed by atoms with E-state index in [9.17, 15) is 43.2 Å². The van der Waals surface area contributed by atoms with Crippen LogP contribution in [-0.2, 0) is 65.4 Å². The smallest absolute Gasteiger partial charge is 0.462 e. The Morgan fingerprint density at radius 1 is 0.286 bits per heavy atom. The molecule has 0 aromatic carbocycles. The first-order valence-corrected chi connectivity index (χ1v) is 43.8. The van der Waals surface area contributed by atoms with Crippen LogP contribution >= 0.6 is 15.6 Å². The van der Waals surface area contributed by atoms with E-state index in [1.54, 1.807) is 0 Å². The zero-order valence-electron chi connectivity index (χ0n) is 64.4. The summed E-state index contributed by atoms with van der Waals surface area (Å²) >= 11 is 0. The molecule has 0 saturated heterocycles. The molecule has 0 aromatic rings. The van der Waals surface area contributed by atoms with Crippen molar-refractivity contribution in [3.63, 3.8) is 0 Å². The number of hydrogen-bond donors (Lipinski definition) is 3. The summed E-state index contributed by atoms with van der Waals surface area (Å²) in [7, 11) is -9.92. The summed E-state index contributed by atoms with van der Waals surface area (Å²) in [6.07, 6.45) is 54.3. The fraction of sp³-hybridized carbons (Fsp3) is 0.949. The predicted molar refractivity (Wildman–Crippen MR) is 400 cm³/mol. The Bertz CT molecular complexity index is 1790. The lowest BCUT2D eigenvalue weighted by molar-refractivity contribution is -0.161. The lowest BCUT2D eigenvalue weighted by Gasteiger charge is -2.21. The number of esters is 4. The number of hydrogen-bond acceptors (Lipinski definition) is 15. The van der Waals surface area contributed by atoms with Gasteiger partial charge in [0.1, 0.15) is 19.3 Å². The number of phosphoric ester groups is 2. The molecule has 17 nitrogen and oxygen atoms in total. The highest BCUT2D eigenvalue weighted by Gasteiger charge is 2.30. The van der Waals surface area contributed by atoms with Gasteiger partial charge in [-0.1, -0.05) is 351 Å². The molecule has 0 aliphatic carbocycles. The lowest BCUT2D eigenvalue weighted by Crippen LogP contribution is -2.30. The van der Waals surface area contributed by atoms with E-state index >= 15 is 0 Å². The van der Waals surface area contributed by atoms with E-state index in [1.165, 1.54) is 193 Å². The van der Waals surface area contributed by atoms with Crippen LogP contribution in [0.1, 0.15) is 402 Å². The third-order valence-electron chi connectivity index (χ3n) is 19.0. The molecule has 0 amide bonds. The van der Waals surface area contributed by atoms with Crippen molar-refractivity contribution >= 4 is 39.5 Å². The molecule has 4 unspecified atom stereocenters. The van der Waals surface area contributed by atoms with E-state index in [4.69, 9.17) is 37.0 Å². The van der Waals surface area contributed by atoms with Gasteiger partial charge >= 0.3 is 39.5 Å². The maximum absolute atomic E-state index is 13.1. The Kier molecular flexibility index (Phi) is 66.8. The quantitative estimate of drug-likeness (QED) is 0.0222. The molecule has 3 N–H and O–H groups in total. The zero-order valence-corrected chi connectivity index (χ0v) is 66.2. The number of rotatable bonds is 76. The van der Waals surface area contributed by atoms with Gasteiger partial charge in [0.05, 0.1) is 26.4 Å². The monoisotopic (exact) mass is 1440 g/mol. The molecular formula is C79H154O17P2. The highest BCUT2D eigenvalue weighted by molar-refractivity contribution is 7.47. The van der Waals surface area contributed by atoms with Gasteiger partial charge in [-0.15, -0.1) is 0 Å². The summed E-state index contributed by atoms with van der Waals surface area (Å²) in [5.74, 6) is 0.960. The van der Waals surface area contributed by atoms with E-state index in [0.717, 1.165) is 126 Å². The lowest BCUT2D eigenvalue weighted by atomic mass is 10.00. The topological polar surface area (TPSA) is 237 Å². The molecular weight excluding hydrogens is 1280 g/mol. The van der Waals surface area contributed by atoms with Crippen LogP contribution in [0, 0.1) is 23.7 Å². The molecule has 0 radical (unpaired) electrons. The van der Waals surface area contributed by atoms with E-state index in [1.807, 2.05) is 0 Å². The fourth-order valence-electron chi connectivity index (χ4n) is 12.0. The molecule has 0 fully saturated rings. The van der Waals surface area contributed by atoms with Crippen molar-refractivity contribution < 1.29 is 80.2 Å². The van der Waals surface area contributed by atoms with Gasteiger partial charge in [0.25, 0.3) is 0 Å². The molecule has 0 saturated carbocycles. The Hall–Kier alpha value is -1.94. The van der Waals surface area contributed by atoms with Crippen LogP contribution in [0.25, 0.3) is 0 Å². The second-order valence-corrected chi connectivity index (χ2v) is 32.8. The van der Waals surface area contributed by atoms with Crippen LogP contribution in [-0.4, -0.2) is 96.7 Å². The first kappa shape index (κ1) is 96.1. The van der Waals surface area contributed by atoms with Crippen molar-refractivity contribution in [2.45, 2.75) is 420 Å². The van der Waals surface area contributed by atoms with Gasteiger partial charge in [-0.05, 0) is 49.4 Å². The van der Waals surface area contributed by atoms with Crippen molar-refractivity contribution in [1.29, 1.82) is 0 Å². The van der Waals surface area contributed by atoms with E-state index < -0.39 is 97.5 Å². The summed E-state index contributed by atoms with van der Waals surface area (Å²) < 4.78 is 68.6. The number of unbranched alkanes of at least 4 members (excludes halogenated alkanes) is 40. The van der Waals surface area contributed by atoms with Gasteiger partial charge in [0.15, 0.2) is 12.2 Å². The van der Waals surface area contributed by atoms with E-state index in [-0.39, 0.29) is 25.7 Å². The van der Waals surface area contributed by atoms with Crippen LogP contribution in [0.2, 0.25) is 0 Å². The van der Waals surface area contributed by atoms with Gasteiger partial charge < -0.3 is 33.8 Å². The van der Waals surface area contributed by atoms with E-state index in [0.29, 0.717) is 25.7 Å². The van der Waals surface area contributed by atoms with Gasteiger partial charge in [0, 0.05) is 25.7 Å². The minimum atomic E-state index is -4.96. The van der Waals surface area contributed by atoms with Gasteiger partial charge in [-0.2, -0.15) is 0 Å². The van der Waals surface area contributed by atoms with Crippen LogP contribution < -0.4 is 0 Å². The van der Waals surface area contributed by atoms with Crippen LogP contribution in [0.3, 0.4) is 0 Å². The molecule has 0 aliphatic rings. The number of aliphatic hydroxyl groups is 1. The molecule has 98 heavy (non-hydrogen) atoms. The van der Waals surface area contributed by atoms with Crippen molar-refractivity contribution in [3.05, 3.63) is 0 Å². The summed E-state index contributed by atoms with van der Waals surface area (Å²) in [6, 6.07) is 0. The van der Waals surface area contributed by atoms with E-state index in [2.05, 4.69) is 55.4 Å². The average Bonchev–Trinajstić information content (AvgIpc) is 1.01. The Morgan fingerprint density at radius 2 is 0.490 bits per heavy atom. The van der Waals surface area contributed by atoms with Crippen molar-refractivity contribution in [2.75, 3.05) is 39.6 Å². The van der Waals surface area contributed by atoms with Gasteiger partial charge in [-0.25, -0.2) is 9.13 Å². The molecule has 582 valence electrons. The number of ether oxygens (including phenoxy) is 4. The molecule has 0 aliphatic heterocycles. The van der Waals surface area contributed by atoms with Crippen LogP contribution in [0.5, 0.6) is 0 Å². The SMILES string of the molecule is CCC(C)CCCCCCCCC(=O)OC[C@H](COP(=O)(O)OCC(O)COP(=O)(O)OC[C@@H](COC(=O)CCCCCCCCC(C)CC)OC(=O)CCCCCCCCCCCCCCCCCCC(C)C)OC(=O)CCCCCCCCCCCCCCCCCCC(C)C. The molecule has 0 spiro atoms. The highest BCUT2D eigenvalue weighted by Crippen LogP contribution is 2.45. The largest absolute Gasteiger partial charge is 0.472 e. The number of carbonyl (C=O) groups excluding carboxylic acids is 4. The standard InChI is InChI=1S/C79H154O17P2/c1-9-71(7)57-49-41-35-37-43-51-59-76(81)89-65-74(95-78(83)61-53-45-33-29-25-21-17-13-11-15-19-23-27-31-39-47-55-69(3)4)67-93-97(85,86)91-63-73(80)64-92-98(87,88)94-68-75(66-90-77(82)60-52-44-38-36-42-50-58-72(8)10-2)96-79(84)62-54-46-34-30-26-22-18-14-12-16-20-24-28-32-40-48-56-70(5)6/h69-75,80H,9-68H2,1-8H3,(H,85,86)(H,87,88)/t71?,72?,73?,74-,75-/m1/s1. The second kappa shape index (κ2) is 68.2. The summed E-state index contributed by atoms with van der Waals surface area (Å²) in [6.45, 7) is 14.2. The Balaban J connectivity index is 5.19. The molecule has 19 heteroatoms. The first-order chi connectivity index (χ1) is 47.2. The number of aliphatic hydroxyl groups excluding tert-OH is 1. The minimum Gasteiger partial charge on any atom is -0.462 e. The maximum atomic E-state index is 13.1. The number of phosphoric acid groups is 2. The zero-order chi connectivity index (χ0) is 72.4. The minimum absolute atomic E-state index is 0.107. The Morgan fingerprint density at radius 3 is 0.724 bits per heavy atom. The normalized spacial score (nSPS) is 14.6. The third-order valence-corrected chi connectivity index (χ3v) is 20.9. The molecule has 0 bridgehead atoms. The molecule has 0 heterocycles. The van der Waals surface area contributed by atoms with Gasteiger partial charge in [0.2, 0.25) is 0 Å². The molecule has 0 rings (SSSR count). The number of carbonyl (C=O) groups is 4. The van der Waals surface area contributed by atoms with Crippen LogP contribution in [0.4, 0.5) is 0 Å². The van der Waals surface area contributed by atoms with Gasteiger partial charge in [-0.3, -0.25) is 37.3 Å². The van der Waals surface area contributed by atoms with Crippen molar-refractivity contribution in [3.8, 4) is 0 Å². The fourth-order valence-corrected chi connectivity index (χ4v) is 13.6. The highest BCUT2D eigenvalue weighted by atomic mass is 31.2. The van der Waals surface area contributed by atoms with Crippen LogP contribution in [0.15, 0.2) is 0 Å². The molecule has 0 aromatic heterocycles. The summed E-state index contributed by atoms with van der Waals surface area (Å²) in [4.78, 5) is 72.9. The average molecular weight is 1440 g/mol. The van der Waals surface area contributed by atoms with Crippen molar-refractivity contribution in [1.82, 2.24) is 0 Å². The first-order valence-electron chi connectivity index (χ1n) is 40.8. The molecule has 6 atom stereocenters. The second-order valence-electron chi connectivity index (χ2n) is 29.9. The predicted octanol–water partition coefficient (Wildman–Crippen LogP) is 23.2. The Labute approximate surface area is 600 Å².